The van der Waals surface area contributed by atoms with Gasteiger partial charge in [0.15, 0.2) is 11.4 Å². The highest BCUT2D eigenvalue weighted by atomic mass is 16.5. The van der Waals surface area contributed by atoms with Gasteiger partial charge in [0.25, 0.3) is 5.91 Å². The minimum Gasteiger partial charge on any atom is -0.486 e. The van der Waals surface area contributed by atoms with Crippen LogP contribution in [0.2, 0.25) is 0 Å². The number of hydrogen-bond acceptors (Lipinski definition) is 5. The van der Waals surface area contributed by atoms with Gasteiger partial charge in [0.2, 0.25) is 0 Å². The summed E-state index contributed by atoms with van der Waals surface area (Å²) in [6, 6.07) is 9.34. The fraction of sp³-hybridized carbons (Fsp3) is 0.200. The molecule has 0 saturated carbocycles. The van der Waals surface area contributed by atoms with Crippen molar-refractivity contribution in [3.05, 3.63) is 58.9 Å². The molecule has 0 unspecified atom stereocenters. The summed E-state index contributed by atoms with van der Waals surface area (Å²) in [5, 5.41) is 18.7. The van der Waals surface area contributed by atoms with Crippen LogP contribution < -0.4 is 10.5 Å². The van der Waals surface area contributed by atoms with Crippen molar-refractivity contribution >= 4 is 5.91 Å². The Bertz CT molecular complexity index is 629. The first kappa shape index (κ1) is 15.0. The maximum Gasteiger partial charge on any atom is 0.271 e. The molecule has 2 rings (SSSR count). The van der Waals surface area contributed by atoms with Crippen molar-refractivity contribution in [2.75, 3.05) is 0 Å². The van der Waals surface area contributed by atoms with Crippen LogP contribution in [0.3, 0.4) is 0 Å². The van der Waals surface area contributed by atoms with E-state index in [-0.39, 0.29) is 31.3 Å². The zero-order valence-electron chi connectivity index (χ0n) is 11.3. The molecule has 1 aromatic carbocycles. The summed E-state index contributed by atoms with van der Waals surface area (Å²) in [7, 11) is 0. The second-order valence-corrected chi connectivity index (χ2v) is 4.39. The fourth-order valence-electron chi connectivity index (χ4n) is 1.94. The fourth-order valence-corrected chi connectivity index (χ4v) is 1.94. The highest BCUT2D eigenvalue weighted by molar-refractivity contribution is 5.94. The molecule has 6 heteroatoms. The molecule has 21 heavy (non-hydrogen) atoms. The van der Waals surface area contributed by atoms with E-state index >= 15 is 0 Å². The summed E-state index contributed by atoms with van der Waals surface area (Å²) >= 11 is 0. The second kappa shape index (κ2) is 6.83. The van der Waals surface area contributed by atoms with Gasteiger partial charge in [0, 0.05) is 17.3 Å². The monoisotopic (exact) mass is 288 g/mol. The summed E-state index contributed by atoms with van der Waals surface area (Å²) in [5.74, 6) is -0.641. The number of primary amides is 1. The van der Waals surface area contributed by atoms with Crippen molar-refractivity contribution in [1.29, 1.82) is 0 Å². The summed E-state index contributed by atoms with van der Waals surface area (Å²) in [6.07, 6.45) is 1.31. The number of rotatable bonds is 6. The van der Waals surface area contributed by atoms with Gasteiger partial charge in [-0.15, -0.1) is 0 Å². The third-order valence-corrected chi connectivity index (χ3v) is 3.01. The maximum atomic E-state index is 11.4. The predicted octanol–water partition coefficient (Wildman–Crippen LogP) is 0.744. The van der Waals surface area contributed by atoms with Crippen molar-refractivity contribution in [3.63, 3.8) is 0 Å². The molecule has 1 heterocycles. The minimum absolute atomic E-state index is 0.0628. The smallest absolute Gasteiger partial charge is 0.271 e. The van der Waals surface area contributed by atoms with Gasteiger partial charge in [-0.1, -0.05) is 30.3 Å². The van der Waals surface area contributed by atoms with E-state index in [1.807, 2.05) is 30.3 Å². The van der Waals surface area contributed by atoms with Gasteiger partial charge in [0.05, 0.1) is 13.2 Å². The molecular weight excluding hydrogens is 272 g/mol. The Morgan fingerprint density at radius 2 is 1.90 bits per heavy atom. The molecule has 0 atom stereocenters. The summed E-state index contributed by atoms with van der Waals surface area (Å²) < 4.78 is 5.61. The highest BCUT2D eigenvalue weighted by Crippen LogP contribution is 2.26. The number of carbonyl (C=O) groups is 1. The van der Waals surface area contributed by atoms with Crippen LogP contribution in [-0.4, -0.2) is 21.1 Å². The van der Waals surface area contributed by atoms with E-state index in [0.717, 1.165) is 5.56 Å². The number of ether oxygens (including phenoxy) is 1. The van der Waals surface area contributed by atoms with Gasteiger partial charge in [-0.25, -0.2) is 4.98 Å². The van der Waals surface area contributed by atoms with Crippen molar-refractivity contribution in [2.45, 2.75) is 19.8 Å². The quantitative estimate of drug-likeness (QED) is 0.727. The van der Waals surface area contributed by atoms with Crippen LogP contribution in [0.15, 0.2) is 36.5 Å². The number of aliphatic hydroxyl groups is 2. The lowest BCUT2D eigenvalue weighted by Crippen LogP contribution is -2.17. The SMILES string of the molecule is NC(=O)c1ncc(CO)c(CO)c1OCc1ccccc1. The zero-order valence-corrected chi connectivity index (χ0v) is 11.3. The van der Waals surface area contributed by atoms with Crippen molar-refractivity contribution in [2.24, 2.45) is 5.73 Å². The average Bonchev–Trinajstić information content (AvgIpc) is 2.52. The summed E-state index contributed by atoms with van der Waals surface area (Å²) in [6.45, 7) is -0.503. The van der Waals surface area contributed by atoms with E-state index in [4.69, 9.17) is 10.5 Å². The molecule has 0 saturated heterocycles. The Balaban J connectivity index is 2.36. The van der Waals surface area contributed by atoms with Gasteiger partial charge in [-0.05, 0) is 5.56 Å². The Hall–Kier alpha value is -2.44. The van der Waals surface area contributed by atoms with Crippen LogP contribution in [0, 0.1) is 0 Å². The van der Waals surface area contributed by atoms with E-state index in [2.05, 4.69) is 4.98 Å². The average molecular weight is 288 g/mol. The molecule has 0 radical (unpaired) electrons. The molecule has 0 bridgehead atoms. The van der Waals surface area contributed by atoms with Gasteiger partial charge in [-0.3, -0.25) is 4.79 Å². The Morgan fingerprint density at radius 3 is 2.48 bits per heavy atom. The molecule has 1 aromatic heterocycles. The largest absolute Gasteiger partial charge is 0.486 e. The number of amides is 1. The number of benzene rings is 1. The first-order valence-electron chi connectivity index (χ1n) is 6.36. The number of aliphatic hydroxyl groups excluding tert-OH is 2. The van der Waals surface area contributed by atoms with Gasteiger partial charge in [-0.2, -0.15) is 0 Å². The lowest BCUT2D eigenvalue weighted by molar-refractivity contribution is 0.0989. The molecule has 110 valence electrons. The highest BCUT2D eigenvalue weighted by Gasteiger charge is 2.19. The molecule has 6 nitrogen and oxygen atoms in total. The third-order valence-electron chi connectivity index (χ3n) is 3.01. The number of hydrogen-bond donors (Lipinski definition) is 3. The summed E-state index contributed by atoms with van der Waals surface area (Å²) in [5.41, 5.74) is 6.82. The third kappa shape index (κ3) is 3.36. The normalized spacial score (nSPS) is 10.4. The van der Waals surface area contributed by atoms with E-state index in [1.165, 1.54) is 6.20 Å². The molecule has 0 fully saturated rings. The van der Waals surface area contributed by atoms with Crippen LogP contribution in [-0.2, 0) is 19.8 Å². The van der Waals surface area contributed by atoms with Crippen molar-refractivity contribution in [1.82, 2.24) is 4.98 Å². The first-order chi connectivity index (χ1) is 10.2. The number of pyridine rings is 1. The molecule has 0 aliphatic rings. The number of aromatic nitrogens is 1. The Labute approximate surface area is 121 Å². The molecule has 0 spiro atoms. The zero-order chi connectivity index (χ0) is 15.2. The van der Waals surface area contributed by atoms with Crippen molar-refractivity contribution < 1.29 is 19.7 Å². The topological polar surface area (TPSA) is 106 Å². The summed E-state index contributed by atoms with van der Waals surface area (Å²) in [4.78, 5) is 15.3. The predicted molar refractivity (Wildman–Crippen MR) is 75.4 cm³/mol. The molecule has 4 N–H and O–H groups in total. The lowest BCUT2D eigenvalue weighted by Gasteiger charge is -2.15. The molecule has 1 amide bonds. The van der Waals surface area contributed by atoms with E-state index < -0.39 is 5.91 Å². The number of nitrogens with zero attached hydrogens (tertiary/aromatic N) is 1. The Kier molecular flexibility index (Phi) is 4.86. The molecule has 2 aromatic rings. The Morgan fingerprint density at radius 1 is 1.19 bits per heavy atom. The van der Waals surface area contributed by atoms with Crippen molar-refractivity contribution in [3.8, 4) is 5.75 Å². The minimum atomic E-state index is -0.753. The molecular formula is C15H16N2O4. The van der Waals surface area contributed by atoms with Crippen LogP contribution >= 0.6 is 0 Å². The van der Waals surface area contributed by atoms with E-state index in [9.17, 15) is 15.0 Å². The van der Waals surface area contributed by atoms with Crippen LogP contribution in [0.25, 0.3) is 0 Å². The van der Waals surface area contributed by atoms with E-state index in [1.54, 1.807) is 0 Å². The van der Waals surface area contributed by atoms with Gasteiger partial charge in [0.1, 0.15) is 6.61 Å². The first-order valence-corrected chi connectivity index (χ1v) is 6.36. The van der Waals surface area contributed by atoms with Crippen LogP contribution in [0.1, 0.15) is 27.2 Å². The number of carbonyl (C=O) groups excluding carboxylic acids is 1. The maximum absolute atomic E-state index is 11.4. The lowest BCUT2D eigenvalue weighted by atomic mass is 10.1. The van der Waals surface area contributed by atoms with Crippen LogP contribution in [0.4, 0.5) is 0 Å². The van der Waals surface area contributed by atoms with Gasteiger partial charge >= 0.3 is 0 Å². The van der Waals surface area contributed by atoms with E-state index in [0.29, 0.717) is 11.1 Å². The standard InChI is InChI=1S/C15H16N2O4/c16-15(20)13-14(12(8-19)11(7-18)6-17-13)21-9-10-4-2-1-3-5-10/h1-6,18-19H,7-9H2,(H2,16,20). The number of nitrogens with two attached hydrogens (primary N) is 1. The second-order valence-electron chi connectivity index (χ2n) is 4.39. The molecule has 0 aliphatic carbocycles. The van der Waals surface area contributed by atoms with Gasteiger partial charge < -0.3 is 20.7 Å². The van der Waals surface area contributed by atoms with Crippen LogP contribution in [0.5, 0.6) is 5.75 Å². The molecule has 0 aliphatic heterocycles.